The van der Waals surface area contributed by atoms with Gasteiger partial charge in [-0.1, -0.05) is 23.7 Å². The average Bonchev–Trinajstić information content (AvgIpc) is 3.11. The molecule has 27 heavy (non-hydrogen) atoms. The molecule has 0 saturated carbocycles. The van der Waals surface area contributed by atoms with E-state index < -0.39 is 9.84 Å². The van der Waals surface area contributed by atoms with Crippen molar-refractivity contribution in [3.05, 3.63) is 47.5 Å². The van der Waals surface area contributed by atoms with E-state index in [9.17, 15) is 8.42 Å². The van der Waals surface area contributed by atoms with E-state index in [0.29, 0.717) is 31.7 Å². The highest BCUT2D eigenvalue weighted by Gasteiger charge is 2.23. The van der Waals surface area contributed by atoms with Gasteiger partial charge < -0.3 is 9.80 Å². The van der Waals surface area contributed by atoms with E-state index in [1.54, 1.807) is 41.3 Å². The van der Waals surface area contributed by atoms with E-state index in [-0.39, 0.29) is 14.8 Å². The second-order valence-corrected chi connectivity index (χ2v) is 8.59. The third-order valence-corrected chi connectivity index (χ3v) is 6.92. The van der Waals surface area contributed by atoms with Crippen molar-refractivity contribution in [2.75, 3.05) is 31.1 Å². The maximum atomic E-state index is 12.9. The second kappa shape index (κ2) is 6.76. The van der Waals surface area contributed by atoms with Crippen molar-refractivity contribution in [2.45, 2.75) is 9.79 Å². The molecule has 9 heteroatoms. The maximum absolute atomic E-state index is 12.9. The van der Waals surface area contributed by atoms with E-state index >= 15 is 0 Å². The van der Waals surface area contributed by atoms with Crippen LogP contribution in [0.1, 0.15) is 0 Å². The zero-order valence-electron chi connectivity index (χ0n) is 14.3. The molecule has 2 aromatic carbocycles. The lowest BCUT2D eigenvalue weighted by atomic mass is 10.2. The van der Waals surface area contributed by atoms with Gasteiger partial charge in [0.05, 0.1) is 20.3 Å². The number of aromatic nitrogens is 2. The molecule has 0 amide bonds. The highest BCUT2D eigenvalue weighted by Crippen LogP contribution is 2.31. The Morgan fingerprint density at radius 3 is 2.56 bits per heavy atom. The number of fused-ring (bicyclic) bond motifs is 1. The number of nitrogens with zero attached hydrogens (tertiary/aromatic N) is 4. The van der Waals surface area contributed by atoms with Crippen LogP contribution in [0.25, 0.3) is 10.9 Å². The van der Waals surface area contributed by atoms with Crippen LogP contribution in [0.3, 0.4) is 0 Å². The number of rotatable bonds is 3. The number of H-pyrrole nitrogens is 1. The smallest absolute Gasteiger partial charge is 0.208 e. The quantitative estimate of drug-likeness (QED) is 0.678. The summed E-state index contributed by atoms with van der Waals surface area (Å²) in [5.41, 5.74) is 0.640. The monoisotopic (exact) mass is 401 g/mol. The van der Waals surface area contributed by atoms with Crippen LogP contribution in [0.4, 0.5) is 5.82 Å². The Balaban J connectivity index is 1.69. The van der Waals surface area contributed by atoms with E-state index in [1.807, 2.05) is 0 Å². The summed E-state index contributed by atoms with van der Waals surface area (Å²) in [6, 6.07) is 11.3. The third kappa shape index (κ3) is 3.09. The number of hydrogen-bond acceptors (Lipinski definition) is 6. The van der Waals surface area contributed by atoms with Gasteiger partial charge in [-0.25, -0.2) is 8.42 Å². The molecule has 0 aliphatic carbocycles. The number of sulfone groups is 1. The summed E-state index contributed by atoms with van der Waals surface area (Å²) >= 11 is 6.07. The van der Waals surface area contributed by atoms with Crippen molar-refractivity contribution in [3.63, 3.8) is 0 Å². The summed E-state index contributed by atoms with van der Waals surface area (Å²) in [6.45, 7) is 2.66. The predicted molar refractivity (Wildman–Crippen MR) is 102 cm³/mol. The van der Waals surface area contributed by atoms with Gasteiger partial charge in [0, 0.05) is 31.6 Å². The standard InChI is InChI=1S/C18H16ClN5O2S/c19-15-3-1-2-4-17(15)27(25,26)13-5-6-14-16(11-13)21-22-18(14)24-9-7-23(12-20)8-10-24/h1-6,11H,7-10H2,(H,21,22). The van der Waals surface area contributed by atoms with Crippen molar-refractivity contribution in [2.24, 2.45) is 0 Å². The second-order valence-electron chi connectivity index (χ2n) is 6.26. The number of aromatic amines is 1. The van der Waals surface area contributed by atoms with Crippen molar-refractivity contribution in [1.82, 2.24) is 15.1 Å². The van der Waals surface area contributed by atoms with Crippen molar-refractivity contribution in [3.8, 4) is 6.19 Å². The van der Waals surface area contributed by atoms with Gasteiger partial charge in [0.15, 0.2) is 12.0 Å². The van der Waals surface area contributed by atoms with Gasteiger partial charge in [0.1, 0.15) is 0 Å². The fourth-order valence-electron chi connectivity index (χ4n) is 3.20. The Morgan fingerprint density at radius 1 is 1.11 bits per heavy atom. The fraction of sp³-hybridized carbons (Fsp3) is 0.222. The first-order valence-electron chi connectivity index (χ1n) is 8.38. The minimum absolute atomic E-state index is 0.0818. The van der Waals surface area contributed by atoms with Gasteiger partial charge in [-0.2, -0.15) is 10.4 Å². The molecule has 1 aliphatic rings. The zero-order chi connectivity index (χ0) is 19.0. The number of hydrogen-bond donors (Lipinski definition) is 1. The highest BCUT2D eigenvalue weighted by molar-refractivity contribution is 7.91. The van der Waals surface area contributed by atoms with E-state index in [2.05, 4.69) is 21.3 Å². The first-order valence-corrected chi connectivity index (χ1v) is 10.2. The summed E-state index contributed by atoms with van der Waals surface area (Å²) in [5, 5.41) is 17.3. The predicted octanol–water partition coefficient (Wildman–Crippen LogP) is 2.65. The molecule has 1 aliphatic heterocycles. The van der Waals surface area contributed by atoms with Crippen LogP contribution in [0.5, 0.6) is 0 Å². The van der Waals surface area contributed by atoms with Crippen LogP contribution < -0.4 is 4.90 Å². The van der Waals surface area contributed by atoms with Crippen LogP contribution in [0.2, 0.25) is 5.02 Å². The van der Waals surface area contributed by atoms with Gasteiger partial charge in [0.25, 0.3) is 0 Å². The van der Waals surface area contributed by atoms with Gasteiger partial charge in [0.2, 0.25) is 9.84 Å². The molecule has 0 bridgehead atoms. The van der Waals surface area contributed by atoms with E-state index in [4.69, 9.17) is 16.9 Å². The number of anilines is 1. The summed E-state index contributed by atoms with van der Waals surface area (Å²) in [6.07, 6.45) is 2.15. The highest BCUT2D eigenvalue weighted by atomic mass is 35.5. The summed E-state index contributed by atoms with van der Waals surface area (Å²) in [5.74, 6) is 0.768. The summed E-state index contributed by atoms with van der Waals surface area (Å²) in [4.78, 5) is 4.04. The zero-order valence-corrected chi connectivity index (χ0v) is 15.8. The molecule has 4 rings (SSSR count). The lowest BCUT2D eigenvalue weighted by molar-refractivity contribution is 0.362. The molecule has 3 aromatic rings. The topological polar surface area (TPSA) is 93.1 Å². The van der Waals surface area contributed by atoms with Crippen molar-refractivity contribution in [1.29, 1.82) is 5.26 Å². The van der Waals surface area contributed by atoms with E-state index in [1.165, 1.54) is 6.07 Å². The number of nitrogens with one attached hydrogen (secondary N) is 1. The Kier molecular flexibility index (Phi) is 4.42. The maximum Gasteiger partial charge on any atom is 0.208 e. The van der Waals surface area contributed by atoms with Crippen LogP contribution in [0, 0.1) is 11.5 Å². The van der Waals surface area contributed by atoms with E-state index in [0.717, 1.165) is 11.2 Å². The van der Waals surface area contributed by atoms with Gasteiger partial charge in [-0.05, 0) is 30.3 Å². The van der Waals surface area contributed by atoms with Gasteiger partial charge >= 0.3 is 0 Å². The van der Waals surface area contributed by atoms with Crippen LogP contribution in [-0.2, 0) is 9.84 Å². The molecule has 7 nitrogen and oxygen atoms in total. The largest absolute Gasteiger partial charge is 0.351 e. The molecule has 0 unspecified atom stereocenters. The first-order chi connectivity index (χ1) is 13.0. The minimum Gasteiger partial charge on any atom is -0.351 e. The SMILES string of the molecule is N#CN1CCN(c2n[nH]c3cc(S(=O)(=O)c4ccccc4Cl)ccc23)CC1. The summed E-state index contributed by atoms with van der Waals surface area (Å²) in [7, 11) is -3.72. The normalized spacial score (nSPS) is 15.1. The third-order valence-electron chi connectivity index (χ3n) is 4.67. The first kappa shape index (κ1) is 17.6. The van der Waals surface area contributed by atoms with Crippen molar-refractivity contribution < 1.29 is 8.42 Å². The number of benzene rings is 2. The molecule has 138 valence electrons. The molecule has 1 aromatic heterocycles. The molecule has 0 atom stereocenters. The van der Waals surface area contributed by atoms with Crippen LogP contribution in [-0.4, -0.2) is 49.7 Å². The Labute approximate surface area is 161 Å². The molecular weight excluding hydrogens is 386 g/mol. The Hall–Kier alpha value is -2.76. The van der Waals surface area contributed by atoms with Crippen LogP contribution in [0.15, 0.2) is 52.3 Å². The number of halogens is 1. The van der Waals surface area contributed by atoms with Gasteiger partial charge in [-0.3, -0.25) is 5.10 Å². The number of nitriles is 1. The average molecular weight is 402 g/mol. The molecule has 0 spiro atoms. The molecule has 1 fully saturated rings. The number of piperazine rings is 1. The molecule has 0 radical (unpaired) electrons. The lowest BCUT2D eigenvalue weighted by Gasteiger charge is -2.31. The Bertz CT molecular complexity index is 1140. The molecule has 2 heterocycles. The fourth-order valence-corrected chi connectivity index (χ4v) is 5.00. The minimum atomic E-state index is -3.72. The van der Waals surface area contributed by atoms with Crippen molar-refractivity contribution >= 4 is 38.2 Å². The lowest BCUT2D eigenvalue weighted by Crippen LogP contribution is -2.44. The molecular formula is C18H16ClN5O2S. The molecule has 1 saturated heterocycles. The van der Waals surface area contributed by atoms with Crippen LogP contribution >= 0.6 is 11.6 Å². The Morgan fingerprint density at radius 2 is 1.85 bits per heavy atom. The molecule has 1 N–H and O–H groups in total. The summed E-state index contributed by atoms with van der Waals surface area (Å²) < 4.78 is 25.8. The van der Waals surface area contributed by atoms with Gasteiger partial charge in [-0.15, -0.1) is 0 Å².